The Morgan fingerprint density at radius 2 is 1.70 bits per heavy atom. The van der Waals surface area contributed by atoms with E-state index >= 15 is 0 Å². The fourth-order valence-corrected chi connectivity index (χ4v) is 3.75. The van der Waals surface area contributed by atoms with Crippen LogP contribution in [0.5, 0.6) is 0 Å². The van der Waals surface area contributed by atoms with Gasteiger partial charge in [-0.15, -0.1) is 0 Å². The van der Waals surface area contributed by atoms with Crippen LogP contribution in [0, 0.1) is 0 Å². The lowest BCUT2D eigenvalue weighted by Crippen LogP contribution is -2.22. The predicted octanol–water partition coefficient (Wildman–Crippen LogP) is 3.99. The van der Waals surface area contributed by atoms with Crippen molar-refractivity contribution in [2.45, 2.75) is 24.5 Å². The number of aromatic nitrogens is 2. The van der Waals surface area contributed by atoms with Crippen molar-refractivity contribution in [3.63, 3.8) is 0 Å². The standard InChI is InChI=1S/C18H18F3N3O2S/c1-4-24-16-10-9-14(27(25,26)23(2)3)11-15(16)22-17(24)12-5-7-13(8-6-12)18(19,20)21/h5-11H,4H2,1-3H3. The first kappa shape index (κ1) is 19.4. The number of hydrogen-bond acceptors (Lipinski definition) is 3. The van der Waals surface area contributed by atoms with Crippen LogP contribution in [-0.2, 0) is 22.7 Å². The average Bonchev–Trinajstić information content (AvgIpc) is 2.98. The van der Waals surface area contributed by atoms with Crippen LogP contribution in [0.25, 0.3) is 22.4 Å². The Balaban J connectivity index is 2.14. The third-order valence-electron chi connectivity index (χ3n) is 4.28. The molecule has 0 fully saturated rings. The van der Waals surface area contributed by atoms with Crippen molar-refractivity contribution in [1.29, 1.82) is 0 Å². The smallest absolute Gasteiger partial charge is 0.324 e. The molecule has 0 amide bonds. The first-order valence-corrected chi connectivity index (χ1v) is 9.60. The normalized spacial score (nSPS) is 12.9. The molecule has 0 N–H and O–H groups in total. The molecule has 0 aliphatic rings. The van der Waals surface area contributed by atoms with Gasteiger partial charge >= 0.3 is 6.18 Å². The van der Waals surface area contributed by atoms with Gasteiger partial charge in [-0.3, -0.25) is 0 Å². The van der Waals surface area contributed by atoms with E-state index in [9.17, 15) is 21.6 Å². The molecule has 2 aromatic carbocycles. The number of imidazole rings is 1. The first-order valence-electron chi connectivity index (χ1n) is 8.16. The summed E-state index contributed by atoms with van der Waals surface area (Å²) in [6.45, 7) is 2.42. The third kappa shape index (κ3) is 3.44. The number of alkyl halides is 3. The monoisotopic (exact) mass is 397 g/mol. The average molecular weight is 397 g/mol. The molecule has 27 heavy (non-hydrogen) atoms. The van der Waals surface area contributed by atoms with Gasteiger partial charge in [-0.05, 0) is 37.3 Å². The number of halogens is 3. The van der Waals surface area contributed by atoms with Crippen molar-refractivity contribution in [1.82, 2.24) is 13.9 Å². The maximum Gasteiger partial charge on any atom is 0.416 e. The van der Waals surface area contributed by atoms with Crippen LogP contribution >= 0.6 is 0 Å². The van der Waals surface area contributed by atoms with Crippen molar-refractivity contribution in [3.05, 3.63) is 48.0 Å². The van der Waals surface area contributed by atoms with E-state index in [1.807, 2.05) is 11.5 Å². The Kier molecular flexibility index (Phi) is 4.77. The topological polar surface area (TPSA) is 55.2 Å². The second-order valence-corrected chi connectivity index (χ2v) is 8.34. The quantitative estimate of drug-likeness (QED) is 0.669. The van der Waals surface area contributed by atoms with Gasteiger partial charge in [-0.25, -0.2) is 17.7 Å². The fraction of sp³-hybridized carbons (Fsp3) is 0.278. The summed E-state index contributed by atoms with van der Waals surface area (Å²) < 4.78 is 65.9. The van der Waals surface area contributed by atoms with Crippen LogP contribution in [0.3, 0.4) is 0 Å². The summed E-state index contributed by atoms with van der Waals surface area (Å²) in [6.07, 6.45) is -4.40. The zero-order chi connectivity index (χ0) is 20.0. The molecule has 144 valence electrons. The Morgan fingerprint density at radius 3 is 2.22 bits per heavy atom. The van der Waals surface area contributed by atoms with E-state index in [4.69, 9.17) is 0 Å². The van der Waals surface area contributed by atoms with Crippen LogP contribution in [0.15, 0.2) is 47.4 Å². The predicted molar refractivity (Wildman–Crippen MR) is 96.7 cm³/mol. The summed E-state index contributed by atoms with van der Waals surface area (Å²) in [5, 5.41) is 0. The van der Waals surface area contributed by atoms with E-state index in [0.29, 0.717) is 29.0 Å². The Bertz CT molecular complexity index is 1090. The van der Waals surface area contributed by atoms with Crippen molar-refractivity contribution in [2.75, 3.05) is 14.1 Å². The lowest BCUT2D eigenvalue weighted by atomic mass is 10.1. The highest BCUT2D eigenvalue weighted by Crippen LogP contribution is 2.32. The molecule has 0 spiro atoms. The van der Waals surface area contributed by atoms with E-state index in [0.717, 1.165) is 16.4 Å². The highest BCUT2D eigenvalue weighted by atomic mass is 32.2. The van der Waals surface area contributed by atoms with Gasteiger partial charge in [0.1, 0.15) is 5.82 Å². The second kappa shape index (κ2) is 6.65. The van der Waals surface area contributed by atoms with Gasteiger partial charge in [0.15, 0.2) is 0 Å². The van der Waals surface area contributed by atoms with Crippen molar-refractivity contribution in [2.24, 2.45) is 0 Å². The van der Waals surface area contributed by atoms with E-state index in [-0.39, 0.29) is 4.90 Å². The summed E-state index contributed by atoms with van der Waals surface area (Å²) in [6, 6.07) is 9.40. The second-order valence-electron chi connectivity index (χ2n) is 6.19. The Morgan fingerprint density at radius 1 is 1.07 bits per heavy atom. The molecule has 5 nitrogen and oxygen atoms in total. The fourth-order valence-electron chi connectivity index (χ4n) is 2.83. The molecule has 0 aliphatic carbocycles. The minimum Gasteiger partial charge on any atom is -0.324 e. The van der Waals surface area contributed by atoms with E-state index < -0.39 is 21.8 Å². The van der Waals surface area contributed by atoms with Crippen LogP contribution < -0.4 is 0 Å². The largest absolute Gasteiger partial charge is 0.416 e. The van der Waals surface area contributed by atoms with Crippen LogP contribution in [0.1, 0.15) is 12.5 Å². The first-order chi connectivity index (χ1) is 12.6. The van der Waals surface area contributed by atoms with Crippen LogP contribution in [0.2, 0.25) is 0 Å². The van der Waals surface area contributed by atoms with Gasteiger partial charge in [-0.2, -0.15) is 13.2 Å². The van der Waals surface area contributed by atoms with Gasteiger partial charge in [-0.1, -0.05) is 12.1 Å². The molecule has 0 bridgehead atoms. The van der Waals surface area contributed by atoms with Crippen molar-refractivity contribution in [3.8, 4) is 11.4 Å². The van der Waals surface area contributed by atoms with Crippen LogP contribution in [-0.4, -0.2) is 36.4 Å². The molecule has 0 unspecified atom stereocenters. The molecule has 0 atom stereocenters. The summed E-state index contributed by atoms with van der Waals surface area (Å²) in [5.41, 5.74) is 0.975. The number of sulfonamides is 1. The number of nitrogens with zero attached hydrogens (tertiary/aromatic N) is 3. The van der Waals surface area contributed by atoms with Gasteiger partial charge in [0, 0.05) is 26.2 Å². The number of rotatable bonds is 4. The minimum atomic E-state index is -4.40. The molecule has 1 aromatic heterocycles. The number of benzene rings is 2. The zero-order valence-electron chi connectivity index (χ0n) is 14.9. The SMILES string of the molecule is CCn1c(-c2ccc(C(F)(F)F)cc2)nc2cc(S(=O)(=O)N(C)C)ccc21. The molecule has 1 heterocycles. The molecule has 3 rings (SSSR count). The third-order valence-corrected chi connectivity index (χ3v) is 6.10. The molecule has 9 heteroatoms. The molecule has 0 radical (unpaired) electrons. The molecule has 0 saturated heterocycles. The summed E-state index contributed by atoms with van der Waals surface area (Å²) in [4.78, 5) is 4.59. The van der Waals surface area contributed by atoms with Gasteiger partial charge in [0.25, 0.3) is 0 Å². The van der Waals surface area contributed by atoms with E-state index in [1.165, 1.54) is 38.4 Å². The summed E-state index contributed by atoms with van der Waals surface area (Å²) in [7, 11) is -0.722. The molecule has 3 aromatic rings. The lowest BCUT2D eigenvalue weighted by Gasteiger charge is -2.11. The lowest BCUT2D eigenvalue weighted by molar-refractivity contribution is -0.137. The highest BCUT2D eigenvalue weighted by Gasteiger charge is 2.30. The maximum absolute atomic E-state index is 12.8. The van der Waals surface area contributed by atoms with Gasteiger partial charge in [0.05, 0.1) is 21.5 Å². The van der Waals surface area contributed by atoms with Crippen LogP contribution in [0.4, 0.5) is 13.2 Å². The summed E-state index contributed by atoms with van der Waals surface area (Å²) >= 11 is 0. The molecular formula is C18H18F3N3O2S. The van der Waals surface area contributed by atoms with Gasteiger partial charge < -0.3 is 4.57 Å². The van der Waals surface area contributed by atoms with Crippen molar-refractivity contribution >= 4 is 21.1 Å². The number of fused-ring (bicyclic) bond motifs is 1. The van der Waals surface area contributed by atoms with E-state index in [2.05, 4.69) is 4.98 Å². The minimum absolute atomic E-state index is 0.111. The van der Waals surface area contributed by atoms with Crippen molar-refractivity contribution < 1.29 is 21.6 Å². The molecule has 0 saturated carbocycles. The maximum atomic E-state index is 12.8. The van der Waals surface area contributed by atoms with E-state index in [1.54, 1.807) is 6.07 Å². The van der Waals surface area contributed by atoms with Gasteiger partial charge in [0.2, 0.25) is 10.0 Å². The molecule has 0 aliphatic heterocycles. The Hall–Kier alpha value is -2.39. The number of hydrogen-bond donors (Lipinski definition) is 0. The Labute approximate surface area is 155 Å². The highest BCUT2D eigenvalue weighted by molar-refractivity contribution is 7.89. The zero-order valence-corrected chi connectivity index (χ0v) is 15.8. The summed E-state index contributed by atoms with van der Waals surface area (Å²) in [5.74, 6) is 0.487. The molecular weight excluding hydrogens is 379 g/mol. The number of aryl methyl sites for hydroxylation is 1.